The van der Waals surface area contributed by atoms with Gasteiger partial charge in [0, 0.05) is 0 Å². The highest BCUT2D eigenvalue weighted by atomic mass is 16.6. The summed E-state index contributed by atoms with van der Waals surface area (Å²) in [7, 11) is 0. The van der Waals surface area contributed by atoms with Gasteiger partial charge in [0.25, 0.3) is 0 Å². The summed E-state index contributed by atoms with van der Waals surface area (Å²) in [4.78, 5) is 34.4. The molecule has 116 valence electrons. The van der Waals surface area contributed by atoms with Crippen molar-refractivity contribution in [2.45, 2.75) is 53.2 Å². The van der Waals surface area contributed by atoms with Crippen LogP contribution >= 0.6 is 0 Å². The Balaban J connectivity index is 4.79. The van der Waals surface area contributed by atoms with Crippen LogP contribution in [0.1, 0.15) is 41.5 Å². The molecule has 0 rings (SSSR count). The van der Waals surface area contributed by atoms with Gasteiger partial charge in [-0.15, -0.1) is 0 Å². The summed E-state index contributed by atoms with van der Waals surface area (Å²) in [6.07, 6.45) is -0.688. The van der Waals surface area contributed by atoms with Crippen molar-refractivity contribution >= 4 is 17.9 Å². The number of amides is 3. The normalized spacial score (nSPS) is 13.3. The minimum absolute atomic E-state index is 0.276. The molecule has 0 spiro atoms. The predicted molar refractivity (Wildman–Crippen MR) is 74.8 cm³/mol. The van der Waals surface area contributed by atoms with E-state index in [1.54, 1.807) is 41.5 Å². The molecule has 0 saturated carbocycles. The van der Waals surface area contributed by atoms with Crippen LogP contribution in [0.2, 0.25) is 0 Å². The first-order valence-electron chi connectivity index (χ1n) is 6.38. The lowest BCUT2D eigenvalue weighted by Gasteiger charge is -2.31. The van der Waals surface area contributed by atoms with E-state index < -0.39 is 35.0 Å². The molecule has 0 heterocycles. The van der Waals surface area contributed by atoms with Crippen molar-refractivity contribution < 1.29 is 19.1 Å². The Morgan fingerprint density at radius 1 is 1.10 bits per heavy atom. The first-order valence-corrected chi connectivity index (χ1v) is 6.38. The van der Waals surface area contributed by atoms with Crippen LogP contribution in [0.3, 0.4) is 0 Å². The number of rotatable bonds is 4. The van der Waals surface area contributed by atoms with Gasteiger partial charge < -0.3 is 21.1 Å². The van der Waals surface area contributed by atoms with Gasteiger partial charge in [0.1, 0.15) is 11.6 Å². The number of alkyl carbamates (subject to hydrolysis) is 1. The van der Waals surface area contributed by atoms with E-state index in [0.717, 1.165) is 0 Å². The first kappa shape index (κ1) is 18.2. The van der Waals surface area contributed by atoms with E-state index in [1.807, 2.05) is 0 Å². The standard InChI is InChI=1S/C13H25N3O4/c1-12(2,3)9(10(18)15-7-8(14)17)16-11(19)20-13(4,5)6/h9H,7H2,1-6H3,(H2,14,17)(H,15,18)(H,16,19)/t9-/m1/s1. The van der Waals surface area contributed by atoms with Crippen LogP contribution < -0.4 is 16.4 Å². The molecule has 0 saturated heterocycles. The van der Waals surface area contributed by atoms with Crippen LogP contribution in [0.4, 0.5) is 4.79 Å². The summed E-state index contributed by atoms with van der Waals surface area (Å²) >= 11 is 0. The van der Waals surface area contributed by atoms with Crippen LogP contribution in [0.5, 0.6) is 0 Å². The molecule has 7 nitrogen and oxygen atoms in total. The van der Waals surface area contributed by atoms with E-state index in [9.17, 15) is 14.4 Å². The minimum Gasteiger partial charge on any atom is -0.444 e. The Bertz CT molecular complexity index is 380. The van der Waals surface area contributed by atoms with E-state index in [4.69, 9.17) is 10.5 Å². The summed E-state index contributed by atoms with van der Waals surface area (Å²) in [5.41, 5.74) is 3.77. The van der Waals surface area contributed by atoms with E-state index in [0.29, 0.717) is 0 Å². The molecule has 0 aliphatic carbocycles. The fourth-order valence-electron chi connectivity index (χ4n) is 1.38. The van der Waals surface area contributed by atoms with Gasteiger partial charge in [0.05, 0.1) is 6.54 Å². The van der Waals surface area contributed by atoms with Crippen LogP contribution in [-0.4, -0.2) is 36.1 Å². The molecule has 1 atom stereocenters. The van der Waals surface area contributed by atoms with Crippen LogP contribution in [0.15, 0.2) is 0 Å². The molecule has 4 N–H and O–H groups in total. The number of carbonyl (C=O) groups is 3. The Hall–Kier alpha value is -1.79. The Kier molecular flexibility index (Phi) is 5.99. The molecule has 0 aliphatic heterocycles. The lowest BCUT2D eigenvalue weighted by Crippen LogP contribution is -2.55. The fraction of sp³-hybridized carbons (Fsp3) is 0.769. The van der Waals surface area contributed by atoms with E-state index in [2.05, 4.69) is 10.6 Å². The monoisotopic (exact) mass is 287 g/mol. The molecule has 0 radical (unpaired) electrons. The first-order chi connectivity index (χ1) is 8.83. The largest absolute Gasteiger partial charge is 0.444 e. The molecule has 0 aromatic rings. The lowest BCUT2D eigenvalue weighted by atomic mass is 9.86. The summed E-state index contributed by atoms with van der Waals surface area (Å²) < 4.78 is 5.12. The summed E-state index contributed by atoms with van der Waals surface area (Å²) in [6, 6.07) is -0.836. The topological polar surface area (TPSA) is 111 Å². The number of ether oxygens (including phenoxy) is 1. The Morgan fingerprint density at radius 3 is 1.95 bits per heavy atom. The number of hydrogen-bond acceptors (Lipinski definition) is 4. The second-order valence-electron chi connectivity index (χ2n) is 6.63. The number of carbonyl (C=O) groups excluding carboxylic acids is 3. The average molecular weight is 287 g/mol. The smallest absolute Gasteiger partial charge is 0.408 e. The zero-order valence-electron chi connectivity index (χ0n) is 13.0. The van der Waals surface area contributed by atoms with Crippen molar-refractivity contribution in [3.05, 3.63) is 0 Å². The van der Waals surface area contributed by atoms with E-state index in [1.165, 1.54) is 0 Å². The number of nitrogens with one attached hydrogen (secondary N) is 2. The molecular formula is C13H25N3O4. The maximum atomic E-state index is 12.0. The van der Waals surface area contributed by atoms with Gasteiger partial charge in [-0.3, -0.25) is 9.59 Å². The summed E-state index contributed by atoms with van der Waals surface area (Å²) in [5, 5.41) is 4.88. The molecule has 0 aromatic heterocycles. The average Bonchev–Trinajstić information content (AvgIpc) is 2.18. The Labute approximate surface area is 119 Å². The third-order valence-electron chi connectivity index (χ3n) is 2.23. The number of primary amides is 1. The lowest BCUT2D eigenvalue weighted by molar-refractivity contribution is -0.128. The molecular weight excluding hydrogens is 262 g/mol. The molecule has 3 amide bonds. The molecule has 0 aromatic carbocycles. The van der Waals surface area contributed by atoms with Crippen molar-refractivity contribution in [1.29, 1.82) is 0 Å². The number of nitrogens with two attached hydrogens (primary N) is 1. The Morgan fingerprint density at radius 2 is 1.60 bits per heavy atom. The fourth-order valence-corrected chi connectivity index (χ4v) is 1.38. The molecule has 7 heteroatoms. The molecule has 0 bridgehead atoms. The highest BCUT2D eigenvalue weighted by Gasteiger charge is 2.34. The van der Waals surface area contributed by atoms with E-state index in [-0.39, 0.29) is 6.54 Å². The van der Waals surface area contributed by atoms with Gasteiger partial charge in [-0.1, -0.05) is 20.8 Å². The minimum atomic E-state index is -0.836. The van der Waals surface area contributed by atoms with Crippen LogP contribution in [0, 0.1) is 5.41 Å². The molecule has 20 heavy (non-hydrogen) atoms. The number of hydrogen-bond donors (Lipinski definition) is 3. The SMILES string of the molecule is CC(C)(C)OC(=O)N[C@H](C(=O)NCC(N)=O)C(C)(C)C. The van der Waals surface area contributed by atoms with Gasteiger partial charge in [-0.05, 0) is 26.2 Å². The zero-order chi connectivity index (χ0) is 16.1. The summed E-state index contributed by atoms with van der Waals surface area (Å²) in [5.74, 6) is -1.13. The zero-order valence-corrected chi connectivity index (χ0v) is 13.0. The molecule has 0 unspecified atom stereocenters. The van der Waals surface area contributed by atoms with Crippen molar-refractivity contribution in [3.8, 4) is 0 Å². The molecule has 0 fully saturated rings. The maximum Gasteiger partial charge on any atom is 0.408 e. The van der Waals surface area contributed by atoms with Crippen molar-refractivity contribution in [1.82, 2.24) is 10.6 Å². The summed E-state index contributed by atoms with van der Waals surface area (Å²) in [6.45, 7) is 10.3. The van der Waals surface area contributed by atoms with Gasteiger partial charge >= 0.3 is 6.09 Å². The highest BCUT2D eigenvalue weighted by Crippen LogP contribution is 2.20. The second kappa shape index (κ2) is 6.58. The maximum absolute atomic E-state index is 12.0. The van der Waals surface area contributed by atoms with Gasteiger partial charge in [-0.2, -0.15) is 0 Å². The van der Waals surface area contributed by atoms with E-state index >= 15 is 0 Å². The molecule has 0 aliphatic rings. The van der Waals surface area contributed by atoms with Crippen molar-refractivity contribution in [2.24, 2.45) is 11.1 Å². The third kappa shape index (κ3) is 7.60. The van der Waals surface area contributed by atoms with Crippen molar-refractivity contribution in [2.75, 3.05) is 6.54 Å². The third-order valence-corrected chi connectivity index (χ3v) is 2.23. The van der Waals surface area contributed by atoms with Gasteiger partial charge in [-0.25, -0.2) is 4.79 Å². The quantitative estimate of drug-likeness (QED) is 0.700. The second-order valence-corrected chi connectivity index (χ2v) is 6.63. The van der Waals surface area contributed by atoms with Gasteiger partial charge in [0.15, 0.2) is 0 Å². The highest BCUT2D eigenvalue weighted by molar-refractivity contribution is 5.89. The predicted octanol–water partition coefficient (Wildman–Crippen LogP) is 0.527. The van der Waals surface area contributed by atoms with Crippen LogP contribution in [0.25, 0.3) is 0 Å². The van der Waals surface area contributed by atoms with Crippen LogP contribution in [-0.2, 0) is 14.3 Å². The van der Waals surface area contributed by atoms with Crippen molar-refractivity contribution in [3.63, 3.8) is 0 Å². The van der Waals surface area contributed by atoms with Gasteiger partial charge in [0.2, 0.25) is 11.8 Å².